The van der Waals surface area contributed by atoms with Crippen molar-refractivity contribution in [2.24, 2.45) is 5.92 Å². The molecule has 3 rings (SSSR count). The van der Waals surface area contributed by atoms with Crippen molar-refractivity contribution in [2.75, 3.05) is 31.1 Å². The van der Waals surface area contributed by atoms with Crippen LogP contribution in [0.2, 0.25) is 0 Å². The van der Waals surface area contributed by atoms with Crippen LogP contribution in [-0.4, -0.2) is 36.1 Å². The molecule has 0 aromatic carbocycles. The lowest BCUT2D eigenvalue weighted by Crippen LogP contribution is -2.43. The first kappa shape index (κ1) is 10.0. The average Bonchev–Trinajstić information content (AvgIpc) is 3.15. The quantitative estimate of drug-likeness (QED) is 0.816. The molecule has 1 saturated carbocycles. The van der Waals surface area contributed by atoms with Crippen LogP contribution in [0.15, 0.2) is 12.4 Å². The van der Waals surface area contributed by atoms with Gasteiger partial charge in [0.05, 0.1) is 0 Å². The van der Waals surface area contributed by atoms with Crippen molar-refractivity contribution in [2.45, 2.75) is 19.3 Å². The van der Waals surface area contributed by atoms with Crippen molar-refractivity contribution in [3.05, 3.63) is 18.1 Å². The largest absolute Gasteiger partial charge is 0.354 e. The summed E-state index contributed by atoms with van der Waals surface area (Å²) < 4.78 is 0. The molecule has 4 heteroatoms. The van der Waals surface area contributed by atoms with Gasteiger partial charge in [0.1, 0.15) is 12.1 Å². The van der Waals surface area contributed by atoms with Gasteiger partial charge in [-0.3, -0.25) is 0 Å². The summed E-state index contributed by atoms with van der Waals surface area (Å²) in [4.78, 5) is 11.1. The highest BCUT2D eigenvalue weighted by Gasteiger charge is 2.22. The second kappa shape index (κ2) is 4.37. The first-order chi connectivity index (χ1) is 7.92. The van der Waals surface area contributed by atoms with Gasteiger partial charge in [-0.1, -0.05) is 0 Å². The second-order valence-electron chi connectivity index (χ2n) is 4.75. The van der Waals surface area contributed by atoms with Gasteiger partial charge in [0.2, 0.25) is 0 Å². The smallest absolute Gasteiger partial charge is 0.132 e. The Morgan fingerprint density at radius 2 is 2.06 bits per heavy atom. The van der Waals surface area contributed by atoms with Gasteiger partial charge in [-0.05, 0) is 25.2 Å². The van der Waals surface area contributed by atoms with Crippen molar-refractivity contribution in [1.82, 2.24) is 15.3 Å². The predicted octanol–water partition coefficient (Wildman–Crippen LogP) is 0.839. The molecule has 16 heavy (non-hydrogen) atoms. The summed E-state index contributed by atoms with van der Waals surface area (Å²) in [7, 11) is 0. The Hall–Kier alpha value is -1.16. The number of hydrogen-bond donors (Lipinski definition) is 1. The van der Waals surface area contributed by atoms with Crippen LogP contribution in [-0.2, 0) is 6.42 Å². The minimum atomic E-state index is 0.894. The Morgan fingerprint density at radius 1 is 1.25 bits per heavy atom. The molecule has 0 spiro atoms. The maximum Gasteiger partial charge on any atom is 0.132 e. The number of piperazine rings is 1. The normalized spacial score (nSPS) is 21.1. The Bertz CT molecular complexity index is 356. The molecule has 86 valence electrons. The van der Waals surface area contributed by atoms with Crippen LogP contribution < -0.4 is 10.2 Å². The fraction of sp³-hybridized carbons (Fsp3) is 0.667. The molecule has 1 aliphatic heterocycles. The van der Waals surface area contributed by atoms with E-state index in [1.54, 1.807) is 6.33 Å². The Balaban J connectivity index is 1.72. The maximum absolute atomic E-state index is 4.38. The van der Waals surface area contributed by atoms with Gasteiger partial charge in [-0.25, -0.2) is 9.97 Å². The molecule has 0 atom stereocenters. The van der Waals surface area contributed by atoms with Gasteiger partial charge in [-0.15, -0.1) is 0 Å². The number of rotatable bonds is 3. The molecule has 1 N–H and O–H groups in total. The van der Waals surface area contributed by atoms with Crippen LogP contribution >= 0.6 is 0 Å². The zero-order valence-electron chi connectivity index (χ0n) is 9.52. The molecule has 1 aliphatic carbocycles. The van der Waals surface area contributed by atoms with Crippen molar-refractivity contribution < 1.29 is 0 Å². The lowest BCUT2D eigenvalue weighted by molar-refractivity contribution is 0.584. The summed E-state index contributed by atoms with van der Waals surface area (Å²) in [5, 5.41) is 3.36. The van der Waals surface area contributed by atoms with Crippen LogP contribution in [0, 0.1) is 5.92 Å². The summed E-state index contributed by atoms with van der Waals surface area (Å²) in [6.07, 6.45) is 5.62. The van der Waals surface area contributed by atoms with Gasteiger partial charge in [-0.2, -0.15) is 0 Å². The topological polar surface area (TPSA) is 41.1 Å². The van der Waals surface area contributed by atoms with E-state index in [-0.39, 0.29) is 0 Å². The third-order valence-electron chi connectivity index (χ3n) is 3.35. The van der Waals surface area contributed by atoms with E-state index >= 15 is 0 Å². The molecule has 0 unspecified atom stereocenters. The molecule has 1 aromatic heterocycles. The molecular formula is C12H18N4. The van der Waals surface area contributed by atoms with Gasteiger partial charge < -0.3 is 10.2 Å². The average molecular weight is 218 g/mol. The number of nitrogens with one attached hydrogen (secondary N) is 1. The highest BCUT2D eigenvalue weighted by Crippen LogP contribution is 2.32. The van der Waals surface area contributed by atoms with E-state index in [9.17, 15) is 0 Å². The molecule has 1 saturated heterocycles. The lowest BCUT2D eigenvalue weighted by Gasteiger charge is -2.28. The second-order valence-corrected chi connectivity index (χ2v) is 4.75. The van der Waals surface area contributed by atoms with Gasteiger partial charge in [0.15, 0.2) is 0 Å². The number of nitrogens with zero attached hydrogens (tertiary/aromatic N) is 3. The molecule has 0 radical (unpaired) electrons. The van der Waals surface area contributed by atoms with Crippen LogP contribution in [0.1, 0.15) is 18.5 Å². The van der Waals surface area contributed by atoms with E-state index < -0.39 is 0 Å². The van der Waals surface area contributed by atoms with E-state index in [1.807, 2.05) is 0 Å². The fourth-order valence-corrected chi connectivity index (χ4v) is 2.18. The van der Waals surface area contributed by atoms with Gasteiger partial charge in [0.25, 0.3) is 0 Å². The zero-order valence-corrected chi connectivity index (χ0v) is 9.52. The molecule has 1 aromatic rings. The summed E-state index contributed by atoms with van der Waals surface area (Å²) in [5.41, 5.74) is 1.21. The Morgan fingerprint density at radius 3 is 2.81 bits per heavy atom. The zero-order chi connectivity index (χ0) is 10.8. The van der Waals surface area contributed by atoms with Crippen LogP contribution in [0.25, 0.3) is 0 Å². The number of hydrogen-bond acceptors (Lipinski definition) is 4. The first-order valence-corrected chi connectivity index (χ1v) is 6.18. The van der Waals surface area contributed by atoms with Crippen LogP contribution in [0.4, 0.5) is 5.82 Å². The standard InChI is InChI=1S/C12H18N4/c1-2-10(1)7-11-8-12(15-9-14-11)16-5-3-13-4-6-16/h8-10,13H,1-7H2. The van der Waals surface area contributed by atoms with Crippen molar-refractivity contribution >= 4 is 5.82 Å². The minimum Gasteiger partial charge on any atom is -0.354 e. The van der Waals surface area contributed by atoms with Crippen LogP contribution in [0.3, 0.4) is 0 Å². The molecular weight excluding hydrogens is 200 g/mol. The van der Waals surface area contributed by atoms with E-state index in [0.717, 1.165) is 44.3 Å². The first-order valence-electron chi connectivity index (χ1n) is 6.18. The molecule has 2 heterocycles. The van der Waals surface area contributed by atoms with E-state index in [0.29, 0.717) is 0 Å². The van der Waals surface area contributed by atoms with E-state index in [1.165, 1.54) is 18.5 Å². The van der Waals surface area contributed by atoms with Gasteiger partial charge in [0, 0.05) is 37.9 Å². The Labute approximate surface area is 96.1 Å². The summed E-state index contributed by atoms with van der Waals surface area (Å²) in [6.45, 7) is 4.23. The number of anilines is 1. The third-order valence-corrected chi connectivity index (χ3v) is 3.35. The molecule has 0 amide bonds. The summed E-state index contributed by atoms with van der Waals surface area (Å²) in [6, 6.07) is 2.17. The monoisotopic (exact) mass is 218 g/mol. The molecule has 4 nitrogen and oxygen atoms in total. The minimum absolute atomic E-state index is 0.894. The fourth-order valence-electron chi connectivity index (χ4n) is 2.18. The van der Waals surface area contributed by atoms with Gasteiger partial charge >= 0.3 is 0 Å². The lowest BCUT2D eigenvalue weighted by atomic mass is 10.2. The Kier molecular flexibility index (Phi) is 2.74. The molecule has 2 fully saturated rings. The predicted molar refractivity (Wildman–Crippen MR) is 63.5 cm³/mol. The highest BCUT2D eigenvalue weighted by molar-refractivity contribution is 5.39. The number of aromatic nitrogens is 2. The van der Waals surface area contributed by atoms with Crippen LogP contribution in [0.5, 0.6) is 0 Å². The molecule has 0 bridgehead atoms. The maximum atomic E-state index is 4.38. The van der Waals surface area contributed by atoms with Crippen molar-refractivity contribution in [3.8, 4) is 0 Å². The SMILES string of the molecule is c1nc(CC2CC2)cc(N2CCNCC2)n1. The van der Waals surface area contributed by atoms with Crippen molar-refractivity contribution in [1.29, 1.82) is 0 Å². The summed E-state index contributed by atoms with van der Waals surface area (Å²) >= 11 is 0. The van der Waals surface area contributed by atoms with E-state index in [2.05, 4.69) is 26.3 Å². The van der Waals surface area contributed by atoms with E-state index in [4.69, 9.17) is 0 Å². The third kappa shape index (κ3) is 2.32. The molecule has 2 aliphatic rings. The highest BCUT2D eigenvalue weighted by atomic mass is 15.2. The van der Waals surface area contributed by atoms with Crippen molar-refractivity contribution in [3.63, 3.8) is 0 Å². The summed E-state index contributed by atoms with van der Waals surface area (Å²) in [5.74, 6) is 2.00.